The minimum Gasteiger partial charge on any atom is -0.494 e. The number of thiazole rings is 1. The lowest BCUT2D eigenvalue weighted by atomic mass is 10.3. The van der Waals surface area contributed by atoms with Crippen molar-refractivity contribution in [1.29, 1.82) is 0 Å². The molecule has 0 radical (unpaired) electrons. The van der Waals surface area contributed by atoms with E-state index in [4.69, 9.17) is 9.47 Å². The van der Waals surface area contributed by atoms with Crippen LogP contribution in [0.3, 0.4) is 0 Å². The summed E-state index contributed by atoms with van der Waals surface area (Å²) in [6.45, 7) is 4.65. The van der Waals surface area contributed by atoms with E-state index < -0.39 is 5.97 Å². The van der Waals surface area contributed by atoms with Crippen LogP contribution in [0.25, 0.3) is 15.2 Å². The van der Waals surface area contributed by atoms with E-state index in [9.17, 15) is 4.79 Å². The molecule has 0 aliphatic heterocycles. The average Bonchev–Trinajstić information content (AvgIpc) is 2.96. The van der Waals surface area contributed by atoms with Gasteiger partial charge < -0.3 is 9.47 Å². The second-order valence-electron chi connectivity index (χ2n) is 4.25. The molecule has 0 aliphatic rings. The van der Waals surface area contributed by atoms with Crippen LogP contribution in [0, 0.1) is 0 Å². The highest BCUT2D eigenvalue weighted by Crippen LogP contribution is 2.33. The molecule has 2 heterocycles. The van der Waals surface area contributed by atoms with Crippen LogP contribution < -0.4 is 4.74 Å². The number of benzene rings is 1. The Labute approximate surface area is 133 Å². The van der Waals surface area contributed by atoms with Gasteiger partial charge in [-0.15, -0.1) is 0 Å². The van der Waals surface area contributed by atoms with Gasteiger partial charge >= 0.3 is 5.97 Å². The van der Waals surface area contributed by atoms with Gasteiger partial charge in [0, 0.05) is 6.07 Å². The molecular formula is C14H13BrN2O3S. The van der Waals surface area contributed by atoms with Gasteiger partial charge in [-0.05, 0) is 41.9 Å². The van der Waals surface area contributed by atoms with Crippen LogP contribution in [-0.2, 0) is 4.74 Å². The number of carbonyl (C=O) groups is 1. The molecule has 0 bridgehead atoms. The third kappa shape index (κ3) is 2.40. The Morgan fingerprint density at radius 2 is 2.19 bits per heavy atom. The Morgan fingerprint density at radius 1 is 1.38 bits per heavy atom. The molecule has 21 heavy (non-hydrogen) atoms. The molecule has 1 aromatic carbocycles. The van der Waals surface area contributed by atoms with Gasteiger partial charge in [0.05, 0.1) is 23.4 Å². The summed E-state index contributed by atoms with van der Waals surface area (Å²) < 4.78 is 14.1. The molecule has 3 aromatic rings. The highest BCUT2D eigenvalue weighted by molar-refractivity contribution is 9.10. The number of rotatable bonds is 4. The Kier molecular flexibility index (Phi) is 3.86. The first-order chi connectivity index (χ1) is 10.2. The normalized spacial score (nSPS) is 11.2. The number of fused-ring (bicyclic) bond motifs is 3. The molecular weight excluding hydrogens is 356 g/mol. The van der Waals surface area contributed by atoms with Gasteiger partial charge in [0.25, 0.3) is 0 Å². The van der Waals surface area contributed by atoms with E-state index >= 15 is 0 Å². The van der Waals surface area contributed by atoms with E-state index in [0.29, 0.717) is 23.5 Å². The second kappa shape index (κ2) is 5.65. The van der Waals surface area contributed by atoms with Gasteiger partial charge in [-0.3, -0.25) is 4.40 Å². The summed E-state index contributed by atoms with van der Waals surface area (Å²) in [5.41, 5.74) is 1.25. The van der Waals surface area contributed by atoms with Crippen LogP contribution in [0.5, 0.6) is 5.75 Å². The number of nitrogens with zero attached hydrogens (tertiary/aromatic N) is 2. The fraction of sp³-hybridized carbons (Fsp3) is 0.286. The molecule has 0 N–H and O–H groups in total. The molecule has 7 heteroatoms. The summed E-state index contributed by atoms with van der Waals surface area (Å²) in [5, 5.41) is 0. The van der Waals surface area contributed by atoms with Crippen molar-refractivity contribution < 1.29 is 14.3 Å². The Morgan fingerprint density at radius 3 is 2.90 bits per heavy atom. The molecule has 0 unspecified atom stereocenters. The van der Waals surface area contributed by atoms with Gasteiger partial charge in [-0.1, -0.05) is 11.3 Å². The molecule has 0 fully saturated rings. The number of aromatic nitrogens is 2. The van der Waals surface area contributed by atoms with Gasteiger partial charge in [0.2, 0.25) is 0 Å². The lowest BCUT2D eigenvalue weighted by Gasteiger charge is -2.03. The van der Waals surface area contributed by atoms with Gasteiger partial charge in [-0.25, -0.2) is 9.78 Å². The third-order valence-corrected chi connectivity index (χ3v) is 4.69. The minimum atomic E-state index is -0.422. The lowest BCUT2D eigenvalue weighted by Crippen LogP contribution is -2.05. The number of halogens is 1. The Bertz CT molecular complexity index is 824. The maximum Gasteiger partial charge on any atom is 0.359 e. The zero-order valence-electron chi connectivity index (χ0n) is 11.6. The van der Waals surface area contributed by atoms with E-state index in [1.807, 2.05) is 29.5 Å². The van der Waals surface area contributed by atoms with Crippen LogP contribution in [0.15, 0.2) is 22.8 Å². The van der Waals surface area contributed by atoms with Crippen LogP contribution in [0.1, 0.15) is 24.3 Å². The monoisotopic (exact) mass is 368 g/mol. The maximum absolute atomic E-state index is 11.9. The predicted octanol–water partition coefficient (Wildman–Crippen LogP) is 3.89. The summed E-state index contributed by atoms with van der Waals surface area (Å²) in [5.74, 6) is 0.373. The second-order valence-corrected chi connectivity index (χ2v) is 6.01. The summed E-state index contributed by atoms with van der Waals surface area (Å²) in [6, 6.07) is 5.88. The molecule has 0 saturated heterocycles. The van der Waals surface area contributed by atoms with Crippen molar-refractivity contribution in [1.82, 2.24) is 9.38 Å². The summed E-state index contributed by atoms with van der Waals surface area (Å²) in [7, 11) is 0. The molecule has 0 saturated carbocycles. The van der Waals surface area contributed by atoms with Crippen LogP contribution >= 0.6 is 27.3 Å². The predicted molar refractivity (Wildman–Crippen MR) is 85.4 cm³/mol. The lowest BCUT2D eigenvalue weighted by molar-refractivity contribution is 0.0519. The molecule has 0 atom stereocenters. The van der Waals surface area contributed by atoms with Crippen molar-refractivity contribution in [3.05, 3.63) is 28.5 Å². The minimum absolute atomic E-state index is 0.298. The smallest absolute Gasteiger partial charge is 0.359 e. The average molecular weight is 369 g/mol. The highest BCUT2D eigenvalue weighted by atomic mass is 79.9. The van der Waals surface area contributed by atoms with Gasteiger partial charge in [0.1, 0.15) is 10.4 Å². The first-order valence-corrected chi connectivity index (χ1v) is 8.17. The van der Waals surface area contributed by atoms with E-state index in [1.54, 1.807) is 6.92 Å². The van der Waals surface area contributed by atoms with Gasteiger partial charge in [0.15, 0.2) is 10.7 Å². The first-order valence-electron chi connectivity index (χ1n) is 6.56. The molecule has 110 valence electrons. The van der Waals surface area contributed by atoms with Gasteiger partial charge in [-0.2, -0.15) is 0 Å². The fourth-order valence-corrected chi connectivity index (χ4v) is 3.83. The molecule has 3 rings (SSSR count). The maximum atomic E-state index is 11.9. The largest absolute Gasteiger partial charge is 0.494 e. The summed E-state index contributed by atoms with van der Waals surface area (Å²) in [4.78, 5) is 17.0. The van der Waals surface area contributed by atoms with Crippen LogP contribution in [-0.4, -0.2) is 28.6 Å². The van der Waals surface area contributed by atoms with E-state index in [-0.39, 0.29) is 0 Å². The standard InChI is InChI=1S/C14H13BrN2O3S/c1-3-19-8-5-6-10-9(7-8)17-12(15)11(13(18)20-4-2)16-14(17)21-10/h5-7H,3-4H2,1-2H3. The van der Waals surface area contributed by atoms with Crippen molar-refractivity contribution in [2.45, 2.75) is 13.8 Å². The topological polar surface area (TPSA) is 52.8 Å². The van der Waals surface area contributed by atoms with Crippen molar-refractivity contribution in [3.8, 4) is 5.75 Å². The van der Waals surface area contributed by atoms with Crippen molar-refractivity contribution in [3.63, 3.8) is 0 Å². The molecule has 2 aromatic heterocycles. The van der Waals surface area contributed by atoms with Crippen molar-refractivity contribution >= 4 is 48.4 Å². The molecule has 0 spiro atoms. The number of carbonyl (C=O) groups excluding carboxylic acids is 1. The fourth-order valence-electron chi connectivity index (χ4n) is 2.10. The Hall–Kier alpha value is -1.60. The number of hydrogen-bond donors (Lipinski definition) is 0. The zero-order chi connectivity index (χ0) is 15.0. The first kappa shape index (κ1) is 14.3. The zero-order valence-corrected chi connectivity index (χ0v) is 14.0. The van der Waals surface area contributed by atoms with E-state index in [0.717, 1.165) is 20.9 Å². The number of imidazole rings is 1. The van der Waals surface area contributed by atoms with Crippen LogP contribution in [0.2, 0.25) is 0 Å². The van der Waals surface area contributed by atoms with E-state index in [1.165, 1.54) is 11.3 Å². The number of ether oxygens (including phenoxy) is 2. The number of hydrogen-bond acceptors (Lipinski definition) is 5. The molecule has 0 amide bonds. The van der Waals surface area contributed by atoms with E-state index in [2.05, 4.69) is 20.9 Å². The Balaban J connectivity index is 2.18. The van der Waals surface area contributed by atoms with Crippen LogP contribution in [0.4, 0.5) is 0 Å². The third-order valence-electron chi connectivity index (χ3n) is 2.94. The highest BCUT2D eigenvalue weighted by Gasteiger charge is 2.21. The molecule has 0 aliphatic carbocycles. The summed E-state index contributed by atoms with van der Waals surface area (Å²) in [6.07, 6.45) is 0. The SMILES string of the molecule is CCOC(=O)c1nc2sc3ccc(OCC)cc3n2c1Br. The van der Waals surface area contributed by atoms with Crippen molar-refractivity contribution in [2.24, 2.45) is 0 Å². The summed E-state index contributed by atoms with van der Waals surface area (Å²) >= 11 is 4.97. The molecule has 5 nitrogen and oxygen atoms in total. The number of esters is 1. The quantitative estimate of drug-likeness (QED) is 0.655. The van der Waals surface area contributed by atoms with Crippen molar-refractivity contribution in [2.75, 3.05) is 13.2 Å².